The third kappa shape index (κ3) is 7.38. The molecule has 0 unspecified atom stereocenters. The summed E-state index contributed by atoms with van der Waals surface area (Å²) in [5.41, 5.74) is 16.5. The standard InChI is InChI=1S/C50H42N2/c1-5-45-46(44-33-42(40-25-14-8-15-26-40)32-43(34-44)41-27-16-9-17-28-41)29-19-30-47(45)49-35(2)20-18-31-48(49)50(51-36(3)38-21-10-6-11-22-38)52-37(4)39-23-12-7-13-24-39/h6-34H,3,5H2,1-2,4H3/b51-50-,52-37+. The van der Waals surface area contributed by atoms with E-state index in [-0.39, 0.29) is 0 Å². The number of aryl methyl sites for hydroxylation is 1. The van der Waals surface area contributed by atoms with Gasteiger partial charge in [-0.2, -0.15) is 0 Å². The molecule has 0 fully saturated rings. The smallest absolute Gasteiger partial charge is 0.160 e. The third-order valence-electron chi connectivity index (χ3n) is 9.58. The van der Waals surface area contributed by atoms with Crippen molar-refractivity contribution >= 4 is 17.2 Å². The van der Waals surface area contributed by atoms with Crippen molar-refractivity contribution in [1.29, 1.82) is 0 Å². The fourth-order valence-corrected chi connectivity index (χ4v) is 6.93. The van der Waals surface area contributed by atoms with Crippen LogP contribution in [-0.2, 0) is 6.42 Å². The lowest BCUT2D eigenvalue weighted by Gasteiger charge is -2.20. The van der Waals surface area contributed by atoms with Crippen LogP contribution in [-0.4, -0.2) is 11.5 Å². The van der Waals surface area contributed by atoms with Crippen molar-refractivity contribution in [3.8, 4) is 44.5 Å². The monoisotopic (exact) mass is 670 g/mol. The summed E-state index contributed by atoms with van der Waals surface area (Å²) < 4.78 is 0. The van der Waals surface area contributed by atoms with Crippen molar-refractivity contribution in [2.45, 2.75) is 27.2 Å². The number of aliphatic imine (C=N–C) groups is 2. The molecule has 7 aromatic carbocycles. The van der Waals surface area contributed by atoms with E-state index in [0.717, 1.165) is 39.9 Å². The normalized spacial score (nSPS) is 11.8. The minimum atomic E-state index is 0.638. The third-order valence-corrected chi connectivity index (χ3v) is 9.58. The van der Waals surface area contributed by atoms with Crippen LogP contribution in [0.4, 0.5) is 0 Å². The zero-order chi connectivity index (χ0) is 35.9. The molecule has 0 bridgehead atoms. The number of hydrogen-bond acceptors (Lipinski definition) is 1. The molecular formula is C50H42N2. The highest BCUT2D eigenvalue weighted by molar-refractivity contribution is 6.15. The quantitative estimate of drug-likeness (QED) is 0.108. The van der Waals surface area contributed by atoms with Crippen LogP contribution in [0, 0.1) is 6.92 Å². The molecule has 0 aliphatic heterocycles. The summed E-state index contributed by atoms with van der Waals surface area (Å²) in [4.78, 5) is 10.4. The maximum atomic E-state index is 5.24. The molecule has 0 radical (unpaired) electrons. The van der Waals surface area contributed by atoms with Gasteiger partial charge in [0.15, 0.2) is 5.84 Å². The Balaban J connectivity index is 1.43. The summed E-state index contributed by atoms with van der Waals surface area (Å²) >= 11 is 0. The highest BCUT2D eigenvalue weighted by Gasteiger charge is 2.20. The van der Waals surface area contributed by atoms with Gasteiger partial charge < -0.3 is 0 Å². The molecule has 0 spiro atoms. The van der Waals surface area contributed by atoms with E-state index in [1.807, 2.05) is 55.5 Å². The van der Waals surface area contributed by atoms with Gasteiger partial charge in [-0.1, -0.05) is 171 Å². The van der Waals surface area contributed by atoms with E-state index in [2.05, 4.69) is 148 Å². The Morgan fingerprint density at radius 2 is 1.00 bits per heavy atom. The predicted molar refractivity (Wildman–Crippen MR) is 223 cm³/mol. The number of nitrogens with zero attached hydrogens (tertiary/aromatic N) is 2. The molecule has 0 atom stereocenters. The van der Waals surface area contributed by atoms with Gasteiger partial charge in [-0.25, -0.2) is 9.98 Å². The number of rotatable bonds is 9. The first-order chi connectivity index (χ1) is 25.5. The fourth-order valence-electron chi connectivity index (χ4n) is 6.93. The summed E-state index contributed by atoms with van der Waals surface area (Å²) in [6.07, 6.45) is 0.852. The SMILES string of the molecule is C=C(/N=C(\N=C(/C)c1ccccc1)c1cccc(C)c1-c1cccc(-c2cc(-c3ccccc3)cc(-c3ccccc3)c2)c1CC)c1ccccc1. The van der Waals surface area contributed by atoms with E-state index >= 15 is 0 Å². The molecule has 252 valence electrons. The molecule has 0 saturated heterocycles. The van der Waals surface area contributed by atoms with Gasteiger partial charge in [-0.15, -0.1) is 0 Å². The van der Waals surface area contributed by atoms with Crippen LogP contribution in [0.1, 0.15) is 41.7 Å². The zero-order valence-corrected chi connectivity index (χ0v) is 30.1. The van der Waals surface area contributed by atoms with Crippen molar-refractivity contribution in [3.05, 3.63) is 210 Å². The molecule has 2 nitrogen and oxygen atoms in total. The minimum absolute atomic E-state index is 0.638. The fraction of sp³-hybridized carbons (Fsp3) is 0.0800. The first-order valence-corrected chi connectivity index (χ1v) is 17.9. The van der Waals surface area contributed by atoms with Gasteiger partial charge in [-0.05, 0) is 105 Å². The Morgan fingerprint density at radius 3 is 1.58 bits per heavy atom. The van der Waals surface area contributed by atoms with E-state index in [1.165, 1.54) is 44.5 Å². The Bertz CT molecular complexity index is 2330. The summed E-state index contributed by atoms with van der Waals surface area (Å²) in [7, 11) is 0. The first-order valence-electron chi connectivity index (χ1n) is 17.9. The average molecular weight is 671 g/mol. The van der Waals surface area contributed by atoms with Gasteiger partial charge in [0, 0.05) is 11.3 Å². The Labute approximate surface area is 308 Å². The number of benzene rings is 7. The first kappa shape index (κ1) is 34.1. The van der Waals surface area contributed by atoms with Gasteiger partial charge in [0.1, 0.15) is 0 Å². The van der Waals surface area contributed by atoms with E-state index in [4.69, 9.17) is 9.98 Å². The molecule has 0 heterocycles. The van der Waals surface area contributed by atoms with E-state index in [0.29, 0.717) is 11.5 Å². The molecule has 7 rings (SSSR count). The Morgan fingerprint density at radius 1 is 0.500 bits per heavy atom. The van der Waals surface area contributed by atoms with Crippen molar-refractivity contribution in [2.24, 2.45) is 9.98 Å². The highest BCUT2D eigenvalue weighted by Crippen LogP contribution is 2.40. The van der Waals surface area contributed by atoms with Crippen LogP contribution < -0.4 is 0 Å². The van der Waals surface area contributed by atoms with Gasteiger partial charge in [-0.3, -0.25) is 0 Å². The van der Waals surface area contributed by atoms with Crippen LogP contribution in [0.15, 0.2) is 192 Å². The molecule has 0 saturated carbocycles. The van der Waals surface area contributed by atoms with Crippen molar-refractivity contribution in [1.82, 2.24) is 0 Å². The molecular weight excluding hydrogens is 629 g/mol. The second-order valence-corrected chi connectivity index (χ2v) is 13.0. The predicted octanol–water partition coefficient (Wildman–Crippen LogP) is 13.2. The van der Waals surface area contributed by atoms with Crippen LogP contribution in [0.5, 0.6) is 0 Å². The molecule has 0 aliphatic carbocycles. The Hall–Kier alpha value is -6.38. The van der Waals surface area contributed by atoms with Crippen molar-refractivity contribution in [3.63, 3.8) is 0 Å². The van der Waals surface area contributed by atoms with E-state index in [1.54, 1.807) is 0 Å². The second-order valence-electron chi connectivity index (χ2n) is 13.0. The molecule has 2 heteroatoms. The van der Waals surface area contributed by atoms with Crippen molar-refractivity contribution < 1.29 is 0 Å². The molecule has 0 N–H and O–H groups in total. The zero-order valence-electron chi connectivity index (χ0n) is 30.1. The van der Waals surface area contributed by atoms with E-state index in [9.17, 15) is 0 Å². The highest BCUT2D eigenvalue weighted by atomic mass is 14.9. The topological polar surface area (TPSA) is 24.7 Å². The lowest BCUT2D eigenvalue weighted by Crippen LogP contribution is -2.08. The molecule has 0 aliphatic rings. The van der Waals surface area contributed by atoms with Gasteiger partial charge in [0.2, 0.25) is 0 Å². The molecule has 0 aromatic heterocycles. The lowest BCUT2D eigenvalue weighted by atomic mass is 9.85. The maximum Gasteiger partial charge on any atom is 0.160 e. The maximum absolute atomic E-state index is 5.24. The summed E-state index contributed by atoms with van der Waals surface area (Å²) in [6.45, 7) is 10.9. The number of hydrogen-bond donors (Lipinski definition) is 0. The molecule has 52 heavy (non-hydrogen) atoms. The average Bonchev–Trinajstić information content (AvgIpc) is 3.21. The number of amidine groups is 1. The Kier molecular flexibility index (Phi) is 10.3. The minimum Gasteiger partial charge on any atom is -0.233 e. The van der Waals surface area contributed by atoms with Gasteiger partial charge >= 0.3 is 0 Å². The van der Waals surface area contributed by atoms with Crippen LogP contribution in [0.2, 0.25) is 0 Å². The summed E-state index contributed by atoms with van der Waals surface area (Å²) in [5, 5.41) is 0. The summed E-state index contributed by atoms with van der Waals surface area (Å²) in [6, 6.07) is 61.9. The van der Waals surface area contributed by atoms with Crippen LogP contribution >= 0.6 is 0 Å². The lowest BCUT2D eigenvalue weighted by molar-refractivity contribution is 1.14. The molecule has 0 amide bonds. The second kappa shape index (κ2) is 15.7. The van der Waals surface area contributed by atoms with Crippen LogP contribution in [0.3, 0.4) is 0 Å². The van der Waals surface area contributed by atoms with E-state index < -0.39 is 0 Å². The van der Waals surface area contributed by atoms with Crippen LogP contribution in [0.25, 0.3) is 50.2 Å². The molecule has 7 aromatic rings. The van der Waals surface area contributed by atoms with Crippen molar-refractivity contribution in [2.75, 3.05) is 0 Å². The van der Waals surface area contributed by atoms with Gasteiger partial charge in [0.05, 0.1) is 5.70 Å². The van der Waals surface area contributed by atoms with Gasteiger partial charge in [0.25, 0.3) is 0 Å². The summed E-state index contributed by atoms with van der Waals surface area (Å²) in [5.74, 6) is 0.638. The largest absolute Gasteiger partial charge is 0.233 e.